The second-order valence-electron chi connectivity index (χ2n) is 7.01. The lowest BCUT2D eigenvalue weighted by Crippen LogP contribution is -2.50. The predicted molar refractivity (Wildman–Crippen MR) is 113 cm³/mol. The third-order valence-corrected chi connectivity index (χ3v) is 4.87. The molecule has 0 bridgehead atoms. The van der Waals surface area contributed by atoms with Crippen molar-refractivity contribution in [3.63, 3.8) is 0 Å². The van der Waals surface area contributed by atoms with Crippen molar-refractivity contribution in [2.75, 3.05) is 26.2 Å². The van der Waals surface area contributed by atoms with Crippen LogP contribution in [0.15, 0.2) is 58.1 Å². The van der Waals surface area contributed by atoms with Crippen molar-refractivity contribution >= 4 is 12.1 Å². The van der Waals surface area contributed by atoms with E-state index in [0.29, 0.717) is 26.2 Å². The van der Waals surface area contributed by atoms with E-state index in [2.05, 4.69) is 22.8 Å². The van der Waals surface area contributed by atoms with Gasteiger partial charge in [-0.2, -0.15) is 0 Å². The maximum absolute atomic E-state index is 11.9. The van der Waals surface area contributed by atoms with E-state index >= 15 is 0 Å². The number of piperidine rings is 1. The number of aliphatic imine (C=N–C) groups is 1. The van der Waals surface area contributed by atoms with Gasteiger partial charge >= 0.3 is 6.09 Å². The molecule has 0 unspecified atom stereocenters. The van der Waals surface area contributed by atoms with E-state index in [1.165, 1.54) is 0 Å². The fourth-order valence-electron chi connectivity index (χ4n) is 3.28. The maximum atomic E-state index is 11.9. The highest BCUT2D eigenvalue weighted by Gasteiger charge is 2.24. The third kappa shape index (κ3) is 6.85. The molecule has 2 heterocycles. The summed E-state index contributed by atoms with van der Waals surface area (Å²) in [5.41, 5.74) is 1.16. The summed E-state index contributed by atoms with van der Waals surface area (Å²) in [5, 5.41) is 6.93. The lowest BCUT2D eigenvalue weighted by atomic mass is 10.1. The number of carbonyl (C=O) groups is 1. The topological polar surface area (TPSA) is 79.1 Å². The molecule has 0 spiro atoms. The minimum atomic E-state index is -0.222. The van der Waals surface area contributed by atoms with Gasteiger partial charge < -0.3 is 24.7 Å². The number of likely N-dealkylation sites (tertiary alicyclic amines) is 1. The number of amides is 1. The smallest absolute Gasteiger partial charge is 0.409 e. The van der Waals surface area contributed by atoms with Crippen molar-refractivity contribution < 1.29 is 13.9 Å². The van der Waals surface area contributed by atoms with Crippen LogP contribution in [0.4, 0.5) is 4.79 Å². The second-order valence-corrected chi connectivity index (χ2v) is 7.01. The van der Waals surface area contributed by atoms with Crippen molar-refractivity contribution in [1.29, 1.82) is 0 Å². The molecule has 0 saturated carbocycles. The van der Waals surface area contributed by atoms with E-state index in [1.54, 1.807) is 11.2 Å². The first-order valence-electron chi connectivity index (χ1n) is 10.3. The van der Waals surface area contributed by atoms with E-state index in [1.807, 2.05) is 37.3 Å². The van der Waals surface area contributed by atoms with Crippen LogP contribution < -0.4 is 10.6 Å². The van der Waals surface area contributed by atoms with Crippen molar-refractivity contribution in [3.05, 3.63) is 60.1 Å². The van der Waals surface area contributed by atoms with Crippen LogP contribution in [0.2, 0.25) is 0 Å². The summed E-state index contributed by atoms with van der Waals surface area (Å²) in [6.45, 7) is 4.96. The number of carbonyl (C=O) groups excluding carboxylic acids is 1. The molecular weight excluding hydrogens is 368 g/mol. The number of hydrogen-bond donors (Lipinski definition) is 2. The molecule has 7 nitrogen and oxygen atoms in total. The highest BCUT2D eigenvalue weighted by molar-refractivity contribution is 5.80. The van der Waals surface area contributed by atoms with Crippen LogP contribution in [0.1, 0.15) is 31.1 Å². The molecule has 7 heteroatoms. The molecule has 1 aliphatic rings. The molecule has 2 aromatic rings. The molecule has 1 aromatic heterocycles. The molecule has 29 heavy (non-hydrogen) atoms. The van der Waals surface area contributed by atoms with Gasteiger partial charge in [0.2, 0.25) is 0 Å². The highest BCUT2D eigenvalue weighted by atomic mass is 16.6. The van der Waals surface area contributed by atoms with Crippen LogP contribution >= 0.6 is 0 Å². The standard InChI is InChI=1S/C22H30N4O3/c1-2-28-22(27)26-14-11-19(12-15-26)25-21(23-13-10-20-9-6-16-29-20)24-17-18-7-4-3-5-8-18/h3-9,16,19H,2,10-15,17H2,1H3,(H2,23,24,25). The van der Waals surface area contributed by atoms with E-state index in [0.717, 1.165) is 43.1 Å². The van der Waals surface area contributed by atoms with Gasteiger partial charge in [0.25, 0.3) is 0 Å². The van der Waals surface area contributed by atoms with Gasteiger partial charge in [-0.05, 0) is 37.5 Å². The maximum Gasteiger partial charge on any atom is 0.409 e. The molecular formula is C22H30N4O3. The first kappa shape index (κ1) is 20.8. The quantitative estimate of drug-likeness (QED) is 0.553. The molecule has 1 saturated heterocycles. The van der Waals surface area contributed by atoms with Crippen LogP contribution in [-0.4, -0.2) is 49.2 Å². The van der Waals surface area contributed by atoms with Gasteiger partial charge in [0, 0.05) is 32.1 Å². The van der Waals surface area contributed by atoms with E-state index < -0.39 is 0 Å². The number of furan rings is 1. The van der Waals surface area contributed by atoms with Crippen LogP contribution in [0, 0.1) is 0 Å². The third-order valence-electron chi connectivity index (χ3n) is 4.87. The molecule has 0 aliphatic carbocycles. The molecule has 0 atom stereocenters. The van der Waals surface area contributed by atoms with E-state index in [4.69, 9.17) is 14.1 Å². The second kappa shape index (κ2) is 11.1. The Morgan fingerprint density at radius 2 is 2.00 bits per heavy atom. The fourth-order valence-corrected chi connectivity index (χ4v) is 3.28. The zero-order chi connectivity index (χ0) is 20.3. The Balaban J connectivity index is 1.53. The van der Waals surface area contributed by atoms with Gasteiger partial charge in [-0.15, -0.1) is 0 Å². The molecule has 1 aromatic carbocycles. The highest BCUT2D eigenvalue weighted by Crippen LogP contribution is 2.12. The minimum absolute atomic E-state index is 0.222. The van der Waals surface area contributed by atoms with E-state index in [9.17, 15) is 4.79 Å². The summed E-state index contributed by atoms with van der Waals surface area (Å²) in [6.07, 6.45) is 3.99. The lowest BCUT2D eigenvalue weighted by Gasteiger charge is -2.32. The number of ether oxygens (including phenoxy) is 1. The molecule has 1 fully saturated rings. The summed E-state index contributed by atoms with van der Waals surface area (Å²) in [7, 11) is 0. The normalized spacial score (nSPS) is 15.2. The summed E-state index contributed by atoms with van der Waals surface area (Å²) >= 11 is 0. The zero-order valence-electron chi connectivity index (χ0n) is 17.0. The average Bonchev–Trinajstić information content (AvgIpc) is 3.27. The van der Waals surface area contributed by atoms with Crippen molar-refractivity contribution in [3.8, 4) is 0 Å². The molecule has 156 valence electrons. The molecule has 1 aliphatic heterocycles. The number of nitrogens with zero attached hydrogens (tertiary/aromatic N) is 2. The monoisotopic (exact) mass is 398 g/mol. The number of guanidine groups is 1. The SMILES string of the molecule is CCOC(=O)N1CCC(NC(=NCc2ccccc2)NCCc2ccco2)CC1. The van der Waals surface area contributed by atoms with Gasteiger partial charge in [0.15, 0.2) is 5.96 Å². The summed E-state index contributed by atoms with van der Waals surface area (Å²) in [6, 6.07) is 14.3. The zero-order valence-corrected chi connectivity index (χ0v) is 17.0. The van der Waals surface area contributed by atoms with Crippen molar-refractivity contribution in [2.45, 2.75) is 38.8 Å². The largest absolute Gasteiger partial charge is 0.469 e. The number of rotatable bonds is 7. The first-order valence-corrected chi connectivity index (χ1v) is 10.3. The summed E-state index contributed by atoms with van der Waals surface area (Å²) < 4.78 is 10.5. The van der Waals surface area contributed by atoms with E-state index in [-0.39, 0.29) is 12.1 Å². The lowest BCUT2D eigenvalue weighted by molar-refractivity contribution is 0.0963. The van der Waals surface area contributed by atoms with Crippen LogP contribution in [0.5, 0.6) is 0 Å². The molecule has 1 amide bonds. The Morgan fingerprint density at radius 1 is 1.21 bits per heavy atom. The number of benzene rings is 1. The molecule has 0 radical (unpaired) electrons. The average molecular weight is 399 g/mol. The Labute approximate surface area is 172 Å². The number of hydrogen-bond acceptors (Lipinski definition) is 4. The Kier molecular flexibility index (Phi) is 7.98. The van der Waals surface area contributed by atoms with Crippen LogP contribution in [0.25, 0.3) is 0 Å². The predicted octanol–water partition coefficient (Wildman–Crippen LogP) is 3.18. The van der Waals surface area contributed by atoms with Gasteiger partial charge in [-0.1, -0.05) is 30.3 Å². The summed E-state index contributed by atoms with van der Waals surface area (Å²) in [5.74, 6) is 1.73. The molecule has 3 rings (SSSR count). The van der Waals surface area contributed by atoms with Crippen LogP contribution in [0.3, 0.4) is 0 Å². The molecule has 2 N–H and O–H groups in total. The summed E-state index contributed by atoms with van der Waals surface area (Å²) in [4.78, 5) is 18.4. The Bertz CT molecular complexity index is 754. The van der Waals surface area contributed by atoms with Gasteiger partial charge in [-0.3, -0.25) is 0 Å². The van der Waals surface area contributed by atoms with Gasteiger partial charge in [0.05, 0.1) is 19.4 Å². The van der Waals surface area contributed by atoms with Crippen LogP contribution in [-0.2, 0) is 17.7 Å². The fraction of sp³-hybridized carbons (Fsp3) is 0.455. The van der Waals surface area contributed by atoms with Crippen molar-refractivity contribution in [1.82, 2.24) is 15.5 Å². The number of nitrogens with one attached hydrogen (secondary N) is 2. The Morgan fingerprint density at radius 3 is 2.69 bits per heavy atom. The minimum Gasteiger partial charge on any atom is -0.469 e. The van der Waals surface area contributed by atoms with Gasteiger partial charge in [-0.25, -0.2) is 9.79 Å². The van der Waals surface area contributed by atoms with Gasteiger partial charge in [0.1, 0.15) is 5.76 Å². The first-order chi connectivity index (χ1) is 14.2. The van der Waals surface area contributed by atoms with Crippen molar-refractivity contribution in [2.24, 2.45) is 4.99 Å². The Hall–Kier alpha value is -2.96.